The predicted octanol–water partition coefficient (Wildman–Crippen LogP) is 4.51. The Morgan fingerprint density at radius 2 is 1.65 bits per heavy atom. The van der Waals surface area contributed by atoms with Crippen molar-refractivity contribution in [3.8, 4) is 5.88 Å². The van der Waals surface area contributed by atoms with Crippen molar-refractivity contribution in [1.29, 1.82) is 0 Å². The number of aryl methyl sites for hydroxylation is 1. The number of carbonyl (C=O) groups is 1. The normalized spacial score (nSPS) is 12.3. The highest BCUT2D eigenvalue weighted by Crippen LogP contribution is 2.40. The number of nitrogens with zero attached hydrogens (tertiary/aromatic N) is 2. The molecule has 0 aliphatic rings. The van der Waals surface area contributed by atoms with Crippen LogP contribution in [0.3, 0.4) is 0 Å². The lowest BCUT2D eigenvalue weighted by Crippen LogP contribution is -2.17. The molecule has 1 aromatic heterocycles. The third-order valence-corrected chi connectivity index (χ3v) is 3.64. The Morgan fingerprint density at radius 1 is 1.08 bits per heavy atom. The topological polar surface area (TPSA) is 44.1 Å². The molecule has 0 radical (unpaired) electrons. The maximum Gasteiger partial charge on any atom is 0.417 e. The summed E-state index contributed by atoms with van der Waals surface area (Å²) >= 11 is 0. The van der Waals surface area contributed by atoms with Gasteiger partial charge in [-0.3, -0.25) is 4.79 Å². The molecular weight excluding hydrogens is 366 g/mol. The molecular formula is C16H14F6N2O2. The third kappa shape index (κ3) is 4.17. The summed E-state index contributed by atoms with van der Waals surface area (Å²) in [4.78, 5) is 11.2. The smallest absolute Gasteiger partial charge is 0.408 e. The van der Waals surface area contributed by atoms with E-state index in [-0.39, 0.29) is 18.0 Å². The molecule has 0 atom stereocenters. The lowest BCUT2D eigenvalue weighted by Gasteiger charge is -2.17. The summed E-state index contributed by atoms with van der Waals surface area (Å²) in [6.45, 7) is 4.06. The highest BCUT2D eigenvalue weighted by atomic mass is 19.4. The number of aromatic nitrogens is 2. The summed E-state index contributed by atoms with van der Waals surface area (Å²) in [5, 5.41) is 4.06. The molecule has 142 valence electrons. The van der Waals surface area contributed by atoms with Crippen molar-refractivity contribution in [3.63, 3.8) is 0 Å². The summed E-state index contributed by atoms with van der Waals surface area (Å²) in [5.74, 6) is -0.624. The first-order chi connectivity index (χ1) is 11.8. The fraction of sp³-hybridized carbons (Fsp3) is 0.375. The Balaban J connectivity index is 2.49. The molecule has 2 aromatic rings. The number of carbonyl (C=O) groups excluding carboxylic acids is 1. The predicted molar refractivity (Wildman–Crippen MR) is 78.6 cm³/mol. The third-order valence-electron chi connectivity index (χ3n) is 3.64. The van der Waals surface area contributed by atoms with Crippen molar-refractivity contribution < 1.29 is 35.9 Å². The first-order valence-electron chi connectivity index (χ1n) is 7.30. The first-order valence-corrected chi connectivity index (χ1v) is 7.30. The van der Waals surface area contributed by atoms with Crippen LogP contribution in [0.1, 0.15) is 34.9 Å². The monoisotopic (exact) mass is 380 g/mol. The van der Waals surface area contributed by atoms with Crippen molar-refractivity contribution >= 4 is 5.97 Å². The quantitative estimate of drug-likeness (QED) is 0.581. The van der Waals surface area contributed by atoms with Gasteiger partial charge in [0.15, 0.2) is 0 Å². The molecule has 0 N–H and O–H groups in total. The van der Waals surface area contributed by atoms with Gasteiger partial charge < -0.3 is 4.74 Å². The Bertz CT molecular complexity index is 836. The van der Waals surface area contributed by atoms with Crippen LogP contribution in [0.15, 0.2) is 18.2 Å². The van der Waals surface area contributed by atoms with Crippen molar-refractivity contribution in [2.45, 2.75) is 39.7 Å². The van der Waals surface area contributed by atoms with E-state index in [9.17, 15) is 31.1 Å². The van der Waals surface area contributed by atoms with Crippen molar-refractivity contribution in [3.05, 3.63) is 46.1 Å². The molecule has 0 saturated carbocycles. The second-order valence-electron chi connectivity index (χ2n) is 5.64. The second kappa shape index (κ2) is 6.65. The highest BCUT2D eigenvalue weighted by Gasteiger charge is 2.43. The molecule has 26 heavy (non-hydrogen) atoms. The Morgan fingerprint density at radius 3 is 2.15 bits per heavy atom. The van der Waals surface area contributed by atoms with Crippen LogP contribution in [0.4, 0.5) is 26.3 Å². The standard InChI is InChI=1S/C16H14F6N2O2/c1-8-9(2)23-24(14(8)26-10(3)25)7-11-4-5-12(15(17,18)19)13(6-11)16(20,21)22/h4-6H,7H2,1-3H3. The van der Waals surface area contributed by atoms with E-state index in [4.69, 9.17) is 4.74 Å². The molecule has 0 aliphatic heterocycles. The van der Waals surface area contributed by atoms with Gasteiger partial charge in [-0.2, -0.15) is 31.4 Å². The van der Waals surface area contributed by atoms with E-state index >= 15 is 0 Å². The number of esters is 1. The lowest BCUT2D eigenvalue weighted by molar-refractivity contribution is -0.162. The molecule has 0 aliphatic carbocycles. The average molecular weight is 380 g/mol. The summed E-state index contributed by atoms with van der Waals surface area (Å²) in [5.41, 5.74) is -2.63. The van der Waals surface area contributed by atoms with Gasteiger partial charge in [-0.05, 0) is 31.5 Å². The summed E-state index contributed by atoms with van der Waals surface area (Å²) in [7, 11) is 0. The minimum absolute atomic E-state index is 0.0310. The fourth-order valence-electron chi connectivity index (χ4n) is 2.37. The average Bonchev–Trinajstić information content (AvgIpc) is 2.72. The lowest BCUT2D eigenvalue weighted by atomic mass is 10.0. The molecule has 2 rings (SSSR count). The van der Waals surface area contributed by atoms with Gasteiger partial charge in [-0.1, -0.05) is 6.07 Å². The number of alkyl halides is 6. The summed E-state index contributed by atoms with van der Waals surface area (Å²) in [6, 6.07) is 1.74. The highest BCUT2D eigenvalue weighted by molar-refractivity contribution is 5.69. The zero-order valence-electron chi connectivity index (χ0n) is 13.9. The van der Waals surface area contributed by atoms with Crippen LogP contribution < -0.4 is 4.74 Å². The second-order valence-corrected chi connectivity index (χ2v) is 5.64. The van der Waals surface area contributed by atoms with Crippen LogP contribution in [0.5, 0.6) is 5.88 Å². The molecule has 0 amide bonds. The van der Waals surface area contributed by atoms with Crippen LogP contribution in [-0.2, 0) is 23.7 Å². The molecule has 0 fully saturated rings. The molecule has 10 heteroatoms. The number of rotatable bonds is 3. The van der Waals surface area contributed by atoms with Gasteiger partial charge in [0.2, 0.25) is 5.88 Å². The van der Waals surface area contributed by atoms with Gasteiger partial charge in [0.05, 0.1) is 23.4 Å². The van der Waals surface area contributed by atoms with E-state index in [0.29, 0.717) is 23.4 Å². The Labute approximate surface area is 144 Å². The summed E-state index contributed by atoms with van der Waals surface area (Å²) in [6.07, 6.45) is -10.3. The maximum absolute atomic E-state index is 13.0. The van der Waals surface area contributed by atoms with Crippen LogP contribution in [0, 0.1) is 13.8 Å². The van der Waals surface area contributed by atoms with Gasteiger partial charge >= 0.3 is 18.3 Å². The SMILES string of the molecule is CC(=O)Oc1c(C)c(C)nn1Cc1ccc(C(F)(F)F)c(C(F)(F)F)c1. The van der Waals surface area contributed by atoms with Crippen molar-refractivity contribution in [1.82, 2.24) is 9.78 Å². The van der Waals surface area contributed by atoms with Gasteiger partial charge in [0.25, 0.3) is 0 Å². The van der Waals surface area contributed by atoms with E-state index < -0.39 is 29.4 Å². The van der Waals surface area contributed by atoms with Crippen LogP contribution in [-0.4, -0.2) is 15.7 Å². The zero-order chi connectivity index (χ0) is 19.9. The minimum atomic E-state index is -5.17. The molecule has 0 spiro atoms. The van der Waals surface area contributed by atoms with Crippen LogP contribution in [0.2, 0.25) is 0 Å². The minimum Gasteiger partial charge on any atom is -0.408 e. The van der Waals surface area contributed by atoms with Crippen molar-refractivity contribution in [2.24, 2.45) is 0 Å². The summed E-state index contributed by atoms with van der Waals surface area (Å²) < 4.78 is 83.7. The molecule has 1 heterocycles. The number of hydrogen-bond acceptors (Lipinski definition) is 3. The van der Waals surface area contributed by atoms with Crippen LogP contribution in [0.25, 0.3) is 0 Å². The van der Waals surface area contributed by atoms with Gasteiger partial charge in [-0.25, -0.2) is 4.68 Å². The molecule has 4 nitrogen and oxygen atoms in total. The van der Waals surface area contributed by atoms with E-state index in [0.717, 1.165) is 17.7 Å². The van der Waals surface area contributed by atoms with Gasteiger partial charge in [-0.15, -0.1) is 0 Å². The van der Waals surface area contributed by atoms with E-state index in [1.54, 1.807) is 13.8 Å². The number of benzene rings is 1. The van der Waals surface area contributed by atoms with Crippen molar-refractivity contribution in [2.75, 3.05) is 0 Å². The number of hydrogen-bond donors (Lipinski definition) is 0. The zero-order valence-corrected chi connectivity index (χ0v) is 13.9. The first kappa shape index (κ1) is 19.8. The van der Waals surface area contributed by atoms with E-state index in [2.05, 4.69) is 5.10 Å². The Hall–Kier alpha value is -2.52. The maximum atomic E-state index is 13.0. The molecule has 0 bridgehead atoms. The molecule has 1 aromatic carbocycles. The number of halogens is 6. The van der Waals surface area contributed by atoms with Gasteiger partial charge in [0.1, 0.15) is 0 Å². The molecule has 0 unspecified atom stereocenters. The molecule has 0 saturated heterocycles. The van der Waals surface area contributed by atoms with Gasteiger partial charge in [0, 0.05) is 12.5 Å². The fourth-order valence-corrected chi connectivity index (χ4v) is 2.37. The number of ether oxygens (including phenoxy) is 1. The van der Waals surface area contributed by atoms with E-state index in [1.165, 1.54) is 0 Å². The largest absolute Gasteiger partial charge is 0.417 e. The Kier molecular flexibility index (Phi) is 5.07. The van der Waals surface area contributed by atoms with Crippen LogP contribution >= 0.6 is 0 Å². The van der Waals surface area contributed by atoms with E-state index in [1.807, 2.05) is 0 Å².